The number of halogens is 5. The van der Waals surface area contributed by atoms with Crippen molar-refractivity contribution >= 4 is 22.2 Å². The number of rotatable bonds is 2. The van der Waals surface area contributed by atoms with Crippen LogP contribution < -0.4 is 0 Å². The SMILES string of the molecule is O=C[C@@H](Br)c1ccc(C(F)(F)F)c(F)c1. The van der Waals surface area contributed by atoms with Gasteiger partial charge in [0.1, 0.15) is 12.1 Å². The Hall–Kier alpha value is -0.910. The molecule has 0 aromatic heterocycles. The zero-order chi connectivity index (χ0) is 11.6. The maximum absolute atomic E-state index is 13.0. The number of hydrogen-bond donors (Lipinski definition) is 0. The van der Waals surface area contributed by atoms with E-state index in [1.807, 2.05) is 0 Å². The number of carbonyl (C=O) groups is 1. The van der Waals surface area contributed by atoms with Crippen molar-refractivity contribution in [3.63, 3.8) is 0 Å². The van der Waals surface area contributed by atoms with Gasteiger partial charge in [0.15, 0.2) is 0 Å². The van der Waals surface area contributed by atoms with Gasteiger partial charge in [0.25, 0.3) is 0 Å². The third-order valence-electron chi connectivity index (χ3n) is 1.74. The van der Waals surface area contributed by atoms with Crippen LogP contribution in [0.5, 0.6) is 0 Å². The zero-order valence-corrected chi connectivity index (χ0v) is 8.77. The van der Waals surface area contributed by atoms with E-state index in [0.717, 1.165) is 6.07 Å². The van der Waals surface area contributed by atoms with Crippen LogP contribution in [0, 0.1) is 5.82 Å². The van der Waals surface area contributed by atoms with E-state index in [0.29, 0.717) is 18.4 Å². The number of hydrogen-bond acceptors (Lipinski definition) is 1. The number of aldehydes is 1. The fourth-order valence-electron chi connectivity index (χ4n) is 1.01. The summed E-state index contributed by atoms with van der Waals surface area (Å²) in [4.78, 5) is 9.51. The molecule has 0 fully saturated rings. The van der Waals surface area contributed by atoms with E-state index in [9.17, 15) is 22.4 Å². The second kappa shape index (κ2) is 4.30. The van der Waals surface area contributed by atoms with Crippen LogP contribution in [0.4, 0.5) is 17.6 Å². The van der Waals surface area contributed by atoms with Gasteiger partial charge in [-0.15, -0.1) is 0 Å². The van der Waals surface area contributed by atoms with Gasteiger partial charge in [-0.2, -0.15) is 13.2 Å². The van der Waals surface area contributed by atoms with Crippen molar-refractivity contribution in [2.24, 2.45) is 0 Å². The van der Waals surface area contributed by atoms with Crippen LogP contribution in [0.1, 0.15) is 16.0 Å². The van der Waals surface area contributed by atoms with Crippen molar-refractivity contribution in [2.75, 3.05) is 0 Å². The molecule has 1 rings (SSSR count). The van der Waals surface area contributed by atoms with Crippen LogP contribution in [-0.4, -0.2) is 6.29 Å². The first-order valence-corrected chi connectivity index (χ1v) is 4.74. The summed E-state index contributed by atoms with van der Waals surface area (Å²) < 4.78 is 49.4. The lowest BCUT2D eigenvalue weighted by atomic mass is 10.1. The van der Waals surface area contributed by atoms with Gasteiger partial charge in [0.2, 0.25) is 0 Å². The summed E-state index contributed by atoms with van der Waals surface area (Å²) in [6.45, 7) is 0. The van der Waals surface area contributed by atoms with Crippen LogP contribution >= 0.6 is 15.9 Å². The molecule has 0 saturated carbocycles. The third-order valence-corrected chi connectivity index (χ3v) is 2.48. The van der Waals surface area contributed by atoms with E-state index in [1.54, 1.807) is 0 Å². The molecular formula is C9H5BrF4O. The van der Waals surface area contributed by atoms with Crippen molar-refractivity contribution in [2.45, 2.75) is 11.0 Å². The lowest BCUT2D eigenvalue weighted by molar-refractivity contribution is -0.140. The van der Waals surface area contributed by atoms with Crippen molar-refractivity contribution < 1.29 is 22.4 Å². The topological polar surface area (TPSA) is 17.1 Å². The maximum atomic E-state index is 13.0. The average molecular weight is 285 g/mol. The minimum absolute atomic E-state index is 0.149. The van der Waals surface area contributed by atoms with E-state index in [4.69, 9.17) is 0 Å². The first-order chi connectivity index (χ1) is 6.86. The Balaban J connectivity index is 3.14. The Morgan fingerprint density at radius 2 is 1.93 bits per heavy atom. The molecule has 0 bridgehead atoms. The highest BCUT2D eigenvalue weighted by Gasteiger charge is 2.34. The monoisotopic (exact) mass is 284 g/mol. The van der Waals surface area contributed by atoms with Crippen molar-refractivity contribution in [1.82, 2.24) is 0 Å². The molecule has 0 amide bonds. The zero-order valence-electron chi connectivity index (χ0n) is 7.18. The molecule has 0 radical (unpaired) electrons. The summed E-state index contributed by atoms with van der Waals surface area (Å²) in [6, 6.07) is 2.36. The van der Waals surface area contributed by atoms with Crippen molar-refractivity contribution in [3.8, 4) is 0 Å². The Morgan fingerprint density at radius 3 is 2.33 bits per heavy atom. The minimum Gasteiger partial charge on any atom is -0.302 e. The molecule has 1 nitrogen and oxygen atoms in total. The Kier molecular flexibility index (Phi) is 3.49. The van der Waals surface area contributed by atoms with Gasteiger partial charge in [-0.05, 0) is 17.7 Å². The summed E-state index contributed by atoms with van der Waals surface area (Å²) in [5, 5.41) is 0. The smallest absolute Gasteiger partial charge is 0.302 e. The lowest BCUT2D eigenvalue weighted by Gasteiger charge is -2.09. The Labute approximate surface area is 91.2 Å². The predicted molar refractivity (Wildman–Crippen MR) is 49.1 cm³/mol. The molecule has 0 N–H and O–H groups in total. The molecule has 0 heterocycles. The largest absolute Gasteiger partial charge is 0.419 e. The molecular weight excluding hydrogens is 280 g/mol. The molecule has 0 unspecified atom stereocenters. The van der Waals surface area contributed by atoms with Crippen LogP contribution in [-0.2, 0) is 11.0 Å². The molecule has 1 aromatic carbocycles. The van der Waals surface area contributed by atoms with E-state index < -0.39 is 22.4 Å². The number of benzene rings is 1. The van der Waals surface area contributed by atoms with Gasteiger partial charge in [0.05, 0.1) is 10.4 Å². The molecule has 6 heteroatoms. The van der Waals surface area contributed by atoms with Crippen LogP contribution in [0.3, 0.4) is 0 Å². The second-order valence-electron chi connectivity index (χ2n) is 2.77. The van der Waals surface area contributed by atoms with Gasteiger partial charge in [-0.1, -0.05) is 22.0 Å². The first-order valence-electron chi connectivity index (χ1n) is 3.82. The third kappa shape index (κ3) is 2.77. The summed E-state index contributed by atoms with van der Waals surface area (Å²) in [7, 11) is 0. The molecule has 82 valence electrons. The molecule has 0 aliphatic rings. The Morgan fingerprint density at radius 1 is 1.33 bits per heavy atom. The standard InChI is InChI=1S/C9H5BrF4O/c10-7(4-15)5-1-2-6(8(11)3-5)9(12,13)14/h1-4,7H/t7-/m1/s1. The van der Waals surface area contributed by atoms with Gasteiger partial charge >= 0.3 is 6.18 Å². The van der Waals surface area contributed by atoms with Gasteiger partial charge in [-0.3, -0.25) is 0 Å². The van der Waals surface area contributed by atoms with Gasteiger partial charge < -0.3 is 4.79 Å². The maximum Gasteiger partial charge on any atom is 0.419 e. The lowest BCUT2D eigenvalue weighted by Crippen LogP contribution is -2.08. The molecule has 0 saturated heterocycles. The summed E-state index contributed by atoms with van der Waals surface area (Å²) in [5.74, 6) is -1.38. The fraction of sp³-hybridized carbons (Fsp3) is 0.222. The first kappa shape index (κ1) is 12.2. The normalized spacial score (nSPS) is 13.7. The van der Waals surface area contributed by atoms with Crippen LogP contribution in [0.2, 0.25) is 0 Å². The summed E-state index contributed by atoms with van der Waals surface area (Å²) >= 11 is 2.88. The molecule has 1 aromatic rings. The predicted octanol–water partition coefficient (Wildman–Crippen LogP) is 3.48. The van der Waals surface area contributed by atoms with E-state index in [-0.39, 0.29) is 5.56 Å². The number of carbonyl (C=O) groups excluding carboxylic acids is 1. The highest BCUT2D eigenvalue weighted by molar-refractivity contribution is 9.09. The summed E-state index contributed by atoms with van der Waals surface area (Å²) in [6.07, 6.45) is -4.26. The highest BCUT2D eigenvalue weighted by Crippen LogP contribution is 2.33. The quantitative estimate of drug-likeness (QED) is 0.462. The average Bonchev–Trinajstić information content (AvgIpc) is 2.14. The highest BCUT2D eigenvalue weighted by atomic mass is 79.9. The fourth-order valence-corrected chi connectivity index (χ4v) is 1.30. The van der Waals surface area contributed by atoms with Gasteiger partial charge in [-0.25, -0.2) is 4.39 Å². The van der Waals surface area contributed by atoms with E-state index in [1.165, 1.54) is 0 Å². The van der Waals surface area contributed by atoms with E-state index in [2.05, 4.69) is 15.9 Å². The Bertz CT molecular complexity index is 375. The molecule has 0 aliphatic heterocycles. The molecule has 15 heavy (non-hydrogen) atoms. The number of alkyl halides is 4. The molecule has 0 spiro atoms. The van der Waals surface area contributed by atoms with Crippen LogP contribution in [0.15, 0.2) is 18.2 Å². The second-order valence-corrected chi connectivity index (χ2v) is 3.76. The van der Waals surface area contributed by atoms with Crippen molar-refractivity contribution in [3.05, 3.63) is 35.1 Å². The van der Waals surface area contributed by atoms with Gasteiger partial charge in [0, 0.05) is 0 Å². The van der Waals surface area contributed by atoms with Crippen LogP contribution in [0.25, 0.3) is 0 Å². The summed E-state index contributed by atoms with van der Waals surface area (Å²) in [5.41, 5.74) is -1.19. The molecule has 1 atom stereocenters. The van der Waals surface area contributed by atoms with Crippen molar-refractivity contribution in [1.29, 1.82) is 0 Å². The van der Waals surface area contributed by atoms with E-state index >= 15 is 0 Å². The molecule has 0 aliphatic carbocycles. The minimum atomic E-state index is -4.72.